The predicted molar refractivity (Wildman–Crippen MR) is 139 cm³/mol. The lowest BCUT2D eigenvalue weighted by atomic mass is 10.1. The van der Waals surface area contributed by atoms with Crippen molar-refractivity contribution in [2.75, 3.05) is 61.5 Å². The van der Waals surface area contributed by atoms with E-state index < -0.39 is 0 Å². The molecule has 5 rings (SSSR count). The fourth-order valence-corrected chi connectivity index (χ4v) is 4.45. The summed E-state index contributed by atoms with van der Waals surface area (Å²) in [4.78, 5) is 13.5. The van der Waals surface area contributed by atoms with E-state index in [0.717, 1.165) is 63.7 Å². The van der Waals surface area contributed by atoms with Crippen molar-refractivity contribution in [2.24, 2.45) is 0 Å². The second-order valence-corrected chi connectivity index (χ2v) is 8.83. The summed E-state index contributed by atoms with van der Waals surface area (Å²) >= 11 is 0. The predicted octanol–water partition coefficient (Wildman–Crippen LogP) is 1.67. The highest BCUT2D eigenvalue weighted by atomic mass is 16.5. The second-order valence-electron chi connectivity index (χ2n) is 8.83. The topological polar surface area (TPSA) is 126 Å². The molecule has 2 saturated heterocycles. The Morgan fingerprint density at radius 1 is 1.11 bits per heavy atom. The van der Waals surface area contributed by atoms with Crippen LogP contribution in [0.15, 0.2) is 42.6 Å². The maximum Gasteiger partial charge on any atom is 0.206 e. The molecule has 0 aliphatic carbocycles. The Morgan fingerprint density at radius 2 is 1.97 bits per heavy atom. The number of nitrogen functional groups attached to an aromatic ring is 1. The van der Waals surface area contributed by atoms with Gasteiger partial charge in [0.1, 0.15) is 11.6 Å². The van der Waals surface area contributed by atoms with Crippen LogP contribution in [0.4, 0.5) is 17.3 Å². The van der Waals surface area contributed by atoms with E-state index >= 15 is 0 Å². The van der Waals surface area contributed by atoms with Crippen LogP contribution >= 0.6 is 0 Å². The molecule has 2 aliphatic heterocycles. The van der Waals surface area contributed by atoms with Gasteiger partial charge in [0.2, 0.25) is 5.82 Å². The van der Waals surface area contributed by atoms with Crippen LogP contribution in [0.1, 0.15) is 18.7 Å². The first-order chi connectivity index (χ1) is 17.7. The van der Waals surface area contributed by atoms with Gasteiger partial charge in [-0.25, -0.2) is 9.97 Å². The highest BCUT2D eigenvalue weighted by molar-refractivity contribution is 5.74. The summed E-state index contributed by atoms with van der Waals surface area (Å²) in [6, 6.07) is 11.3. The lowest BCUT2D eigenvalue weighted by Crippen LogP contribution is -2.31. The van der Waals surface area contributed by atoms with Crippen molar-refractivity contribution in [3.63, 3.8) is 0 Å². The minimum atomic E-state index is 0.163. The Hall–Kier alpha value is -3.94. The molecule has 0 unspecified atom stereocenters. The van der Waals surface area contributed by atoms with Gasteiger partial charge in [-0.1, -0.05) is 18.1 Å². The molecule has 36 heavy (non-hydrogen) atoms. The number of aromatic nitrogens is 4. The van der Waals surface area contributed by atoms with Crippen LogP contribution in [0, 0.1) is 11.8 Å². The van der Waals surface area contributed by atoms with Gasteiger partial charge in [-0.15, -0.1) is 10.2 Å². The van der Waals surface area contributed by atoms with Crippen LogP contribution in [-0.4, -0.2) is 77.3 Å². The highest BCUT2D eigenvalue weighted by Gasteiger charge is 2.20. The summed E-state index contributed by atoms with van der Waals surface area (Å²) in [7, 11) is 0. The molecule has 0 radical (unpaired) electrons. The first kappa shape index (κ1) is 23.8. The lowest BCUT2D eigenvalue weighted by molar-refractivity contribution is 0.190. The van der Waals surface area contributed by atoms with E-state index in [4.69, 9.17) is 10.5 Å². The molecule has 2 fully saturated rings. The number of rotatable bonds is 5. The summed E-state index contributed by atoms with van der Waals surface area (Å²) in [5, 5.41) is 22.0. The molecular formula is C26H30N8O2. The number of anilines is 3. The molecule has 3 aromatic rings. The molecule has 10 nitrogen and oxygen atoms in total. The van der Waals surface area contributed by atoms with E-state index in [1.807, 2.05) is 24.3 Å². The average molecular weight is 487 g/mol. The van der Waals surface area contributed by atoms with Gasteiger partial charge in [-0.3, -0.25) is 0 Å². The fraction of sp³-hybridized carbons (Fsp3) is 0.385. The van der Waals surface area contributed by atoms with Crippen LogP contribution in [0.3, 0.4) is 0 Å². The molecule has 1 aromatic carbocycles. The van der Waals surface area contributed by atoms with Crippen LogP contribution in [-0.2, 0) is 4.74 Å². The second kappa shape index (κ2) is 11.2. The van der Waals surface area contributed by atoms with Gasteiger partial charge in [0.15, 0.2) is 5.82 Å². The Bertz CT molecular complexity index is 1250. The molecule has 0 saturated carbocycles. The average Bonchev–Trinajstić information content (AvgIpc) is 3.30. The monoisotopic (exact) mass is 486 g/mol. The maximum atomic E-state index is 10.2. The van der Waals surface area contributed by atoms with Crippen molar-refractivity contribution in [3.05, 3.63) is 48.4 Å². The van der Waals surface area contributed by atoms with E-state index in [2.05, 4.69) is 47.1 Å². The third kappa shape index (κ3) is 5.64. The van der Waals surface area contributed by atoms with Gasteiger partial charge in [-0.05, 0) is 43.0 Å². The molecule has 4 N–H and O–H groups in total. The van der Waals surface area contributed by atoms with E-state index in [0.29, 0.717) is 35.5 Å². The molecule has 0 bridgehead atoms. The van der Waals surface area contributed by atoms with E-state index in [1.165, 1.54) is 0 Å². The normalized spacial score (nSPS) is 17.9. The first-order valence-corrected chi connectivity index (χ1v) is 12.2. The quantitative estimate of drug-likeness (QED) is 0.459. The summed E-state index contributed by atoms with van der Waals surface area (Å²) < 4.78 is 5.37. The number of nitrogens with two attached hydrogens (primary N) is 1. The van der Waals surface area contributed by atoms with E-state index in [9.17, 15) is 5.11 Å². The first-order valence-electron chi connectivity index (χ1n) is 12.2. The third-order valence-electron chi connectivity index (χ3n) is 6.39. The van der Waals surface area contributed by atoms with Crippen molar-refractivity contribution in [2.45, 2.75) is 18.9 Å². The van der Waals surface area contributed by atoms with Crippen molar-refractivity contribution < 1.29 is 9.84 Å². The SMILES string of the molecule is Nc1nnc(-c2ccccc2O)cc1N1CCCN(c2ccnc(C#CCN[C@@H]3CCOC3)n2)CC1. The molecule has 10 heteroatoms. The zero-order valence-corrected chi connectivity index (χ0v) is 20.1. The van der Waals surface area contributed by atoms with Gasteiger partial charge in [0.05, 0.1) is 24.5 Å². The summed E-state index contributed by atoms with van der Waals surface area (Å²) in [5.41, 5.74) is 8.25. The number of hydrogen-bond acceptors (Lipinski definition) is 10. The minimum absolute atomic E-state index is 0.163. The number of phenols is 1. The van der Waals surface area contributed by atoms with Crippen LogP contribution < -0.4 is 20.9 Å². The summed E-state index contributed by atoms with van der Waals surface area (Å²) in [6.07, 6.45) is 3.71. The molecule has 0 spiro atoms. The molecule has 2 aliphatic rings. The van der Waals surface area contributed by atoms with Crippen molar-refractivity contribution >= 4 is 17.3 Å². The number of aromatic hydroxyl groups is 1. The van der Waals surface area contributed by atoms with Crippen molar-refractivity contribution in [3.8, 4) is 28.8 Å². The largest absolute Gasteiger partial charge is 0.507 e. The highest BCUT2D eigenvalue weighted by Crippen LogP contribution is 2.31. The molecule has 0 amide bonds. The zero-order valence-electron chi connectivity index (χ0n) is 20.1. The number of nitrogens with zero attached hydrogens (tertiary/aromatic N) is 6. The molecule has 2 aromatic heterocycles. The van der Waals surface area contributed by atoms with Crippen LogP contribution in [0.5, 0.6) is 5.75 Å². The molecular weight excluding hydrogens is 456 g/mol. The molecule has 4 heterocycles. The number of para-hydroxylation sites is 1. The molecule has 186 valence electrons. The minimum Gasteiger partial charge on any atom is -0.507 e. The van der Waals surface area contributed by atoms with Gasteiger partial charge in [0.25, 0.3) is 0 Å². The Kier molecular flexibility index (Phi) is 7.40. The van der Waals surface area contributed by atoms with Crippen molar-refractivity contribution in [1.82, 2.24) is 25.5 Å². The smallest absolute Gasteiger partial charge is 0.206 e. The summed E-state index contributed by atoms with van der Waals surface area (Å²) in [5.74, 6) is 8.11. The van der Waals surface area contributed by atoms with Gasteiger partial charge < -0.3 is 30.7 Å². The van der Waals surface area contributed by atoms with Crippen molar-refractivity contribution in [1.29, 1.82) is 0 Å². The number of phenolic OH excluding ortho intramolecular Hbond substituents is 1. The van der Waals surface area contributed by atoms with E-state index in [-0.39, 0.29) is 5.75 Å². The third-order valence-corrected chi connectivity index (χ3v) is 6.39. The number of ether oxygens (including phenoxy) is 1. The van der Waals surface area contributed by atoms with Gasteiger partial charge >= 0.3 is 0 Å². The maximum absolute atomic E-state index is 10.2. The van der Waals surface area contributed by atoms with Crippen LogP contribution in [0.25, 0.3) is 11.3 Å². The Balaban J connectivity index is 1.25. The standard InChI is InChI=1S/C26H30N8O2/c27-26-22(17-21(31-32-26)20-5-1-2-6-23(20)35)33-12-4-13-34(15-14-33)25-8-11-29-24(30-25)7-3-10-28-19-9-16-36-18-19/h1-2,5-6,8,11,17,19,28,35H,4,9-10,12-16,18H2,(H2,27,32)/t19-/m1/s1. The Morgan fingerprint density at radius 3 is 2.83 bits per heavy atom. The number of nitrogens with one attached hydrogen (secondary N) is 1. The van der Waals surface area contributed by atoms with Gasteiger partial charge in [-0.2, -0.15) is 0 Å². The van der Waals surface area contributed by atoms with Crippen LogP contribution in [0.2, 0.25) is 0 Å². The molecule has 1 atom stereocenters. The fourth-order valence-electron chi connectivity index (χ4n) is 4.45. The lowest BCUT2D eigenvalue weighted by Gasteiger charge is -2.25. The summed E-state index contributed by atoms with van der Waals surface area (Å²) in [6.45, 7) is 5.33. The Labute approximate surface area is 210 Å². The number of hydrogen-bond donors (Lipinski definition) is 3. The number of benzene rings is 1. The zero-order chi connectivity index (χ0) is 24.7. The van der Waals surface area contributed by atoms with Gasteiger partial charge in [0, 0.05) is 50.6 Å². The van der Waals surface area contributed by atoms with E-state index in [1.54, 1.807) is 18.3 Å².